The van der Waals surface area contributed by atoms with Gasteiger partial charge in [-0.15, -0.1) is 0 Å². The van der Waals surface area contributed by atoms with Crippen LogP contribution in [0.2, 0.25) is 5.02 Å². The van der Waals surface area contributed by atoms with Gasteiger partial charge < -0.3 is 14.5 Å². The minimum atomic E-state index is -0.750. The van der Waals surface area contributed by atoms with Crippen LogP contribution in [-0.4, -0.2) is 18.3 Å². The Labute approximate surface area is 126 Å². The van der Waals surface area contributed by atoms with Crippen molar-refractivity contribution in [1.82, 2.24) is 5.32 Å². The fourth-order valence-corrected chi connectivity index (χ4v) is 1.87. The van der Waals surface area contributed by atoms with Crippen LogP contribution in [-0.2, 0) is 11.3 Å². The number of hydrogen-bond donors (Lipinski definition) is 1. The van der Waals surface area contributed by atoms with Crippen LogP contribution in [0.4, 0.5) is 0 Å². The highest BCUT2D eigenvalue weighted by molar-refractivity contribution is 6.30. The van der Waals surface area contributed by atoms with Crippen LogP contribution < -0.4 is 10.1 Å². The van der Waals surface area contributed by atoms with Gasteiger partial charge in [-0.1, -0.05) is 11.6 Å². The van der Waals surface area contributed by atoms with E-state index >= 15 is 0 Å². The van der Waals surface area contributed by atoms with Crippen molar-refractivity contribution in [1.29, 1.82) is 0 Å². The Morgan fingerprint density at radius 1 is 1.48 bits per heavy atom. The molecule has 5 nitrogen and oxygen atoms in total. The Balaban J connectivity index is 1.95. The highest BCUT2D eigenvalue weighted by Gasteiger charge is 2.16. The summed E-state index contributed by atoms with van der Waals surface area (Å²) in [6.07, 6.45) is 1.42. The highest BCUT2D eigenvalue weighted by atomic mass is 35.5. The molecule has 1 atom stereocenters. The van der Waals surface area contributed by atoms with Crippen molar-refractivity contribution >= 4 is 23.8 Å². The fourth-order valence-electron chi connectivity index (χ4n) is 1.69. The Morgan fingerprint density at radius 3 is 2.95 bits per heavy atom. The second-order valence-corrected chi connectivity index (χ2v) is 4.79. The van der Waals surface area contributed by atoms with E-state index in [1.165, 1.54) is 12.3 Å². The van der Waals surface area contributed by atoms with Gasteiger partial charge in [0.15, 0.2) is 12.4 Å². The van der Waals surface area contributed by atoms with Crippen LogP contribution in [0.3, 0.4) is 0 Å². The summed E-state index contributed by atoms with van der Waals surface area (Å²) in [5.74, 6) is 0.656. The molecule has 1 unspecified atom stereocenters. The van der Waals surface area contributed by atoms with E-state index in [9.17, 15) is 9.59 Å². The molecule has 0 radical (unpaired) electrons. The summed E-state index contributed by atoms with van der Waals surface area (Å²) in [4.78, 5) is 22.9. The first-order valence-corrected chi connectivity index (χ1v) is 6.69. The molecule has 1 amide bonds. The quantitative estimate of drug-likeness (QED) is 0.833. The van der Waals surface area contributed by atoms with E-state index in [0.717, 1.165) is 0 Å². The van der Waals surface area contributed by atoms with E-state index in [0.29, 0.717) is 28.4 Å². The molecule has 0 saturated heterocycles. The third kappa shape index (κ3) is 4.10. The van der Waals surface area contributed by atoms with E-state index in [1.807, 2.05) is 0 Å². The molecule has 6 heteroatoms. The first-order valence-electron chi connectivity index (χ1n) is 6.31. The summed E-state index contributed by atoms with van der Waals surface area (Å²) in [5.41, 5.74) is 0.299. The number of furan rings is 1. The number of hydrogen-bond acceptors (Lipinski definition) is 4. The van der Waals surface area contributed by atoms with Crippen LogP contribution >= 0.6 is 11.6 Å². The molecule has 0 spiro atoms. The molecule has 1 heterocycles. The van der Waals surface area contributed by atoms with Gasteiger partial charge in [-0.25, -0.2) is 0 Å². The maximum absolute atomic E-state index is 11.9. The highest BCUT2D eigenvalue weighted by Crippen LogP contribution is 2.22. The van der Waals surface area contributed by atoms with Crippen LogP contribution in [0, 0.1) is 0 Å². The van der Waals surface area contributed by atoms with Crippen molar-refractivity contribution in [3.8, 4) is 5.75 Å². The lowest BCUT2D eigenvalue weighted by molar-refractivity contribution is -0.127. The molecule has 2 aromatic rings. The lowest BCUT2D eigenvalue weighted by Crippen LogP contribution is -2.36. The molecule has 1 aromatic carbocycles. The number of amides is 1. The van der Waals surface area contributed by atoms with Crippen molar-refractivity contribution in [2.24, 2.45) is 0 Å². The Morgan fingerprint density at radius 2 is 2.29 bits per heavy atom. The number of nitrogens with one attached hydrogen (secondary N) is 1. The second-order valence-electron chi connectivity index (χ2n) is 4.36. The minimum absolute atomic E-state index is 0.278. The monoisotopic (exact) mass is 307 g/mol. The van der Waals surface area contributed by atoms with Gasteiger partial charge in [-0.2, -0.15) is 0 Å². The molecule has 1 aromatic heterocycles. The van der Waals surface area contributed by atoms with Gasteiger partial charge in [0, 0.05) is 5.02 Å². The van der Waals surface area contributed by atoms with Crippen LogP contribution in [0.15, 0.2) is 41.0 Å². The molecule has 0 aliphatic heterocycles. The fraction of sp³-hybridized carbons (Fsp3) is 0.200. The average molecular weight is 308 g/mol. The molecule has 0 fully saturated rings. The van der Waals surface area contributed by atoms with E-state index in [4.69, 9.17) is 20.8 Å². The molecule has 110 valence electrons. The van der Waals surface area contributed by atoms with Crippen LogP contribution in [0.25, 0.3) is 0 Å². The van der Waals surface area contributed by atoms with Crippen LogP contribution in [0.5, 0.6) is 5.75 Å². The lowest BCUT2D eigenvalue weighted by atomic mass is 10.2. The number of rotatable bonds is 6. The topological polar surface area (TPSA) is 68.5 Å². The van der Waals surface area contributed by atoms with Crippen molar-refractivity contribution in [3.05, 3.63) is 52.9 Å². The zero-order chi connectivity index (χ0) is 15.2. The first-order chi connectivity index (χ1) is 10.1. The summed E-state index contributed by atoms with van der Waals surface area (Å²) in [6.45, 7) is 1.88. The predicted octanol–water partition coefficient (Wildman–Crippen LogP) is 2.83. The van der Waals surface area contributed by atoms with Crippen molar-refractivity contribution < 1.29 is 18.7 Å². The molecule has 1 N–H and O–H groups in total. The molecule has 0 aliphatic rings. The van der Waals surface area contributed by atoms with Gasteiger partial charge in [0.2, 0.25) is 0 Å². The maximum Gasteiger partial charge on any atom is 0.261 e. The van der Waals surface area contributed by atoms with Gasteiger partial charge in [-0.05, 0) is 37.3 Å². The third-order valence-corrected chi connectivity index (χ3v) is 3.02. The molecular formula is C15H14ClNO4. The normalized spacial score (nSPS) is 11.7. The summed E-state index contributed by atoms with van der Waals surface area (Å²) >= 11 is 5.80. The van der Waals surface area contributed by atoms with Crippen molar-refractivity contribution in [3.63, 3.8) is 0 Å². The molecule has 0 bridgehead atoms. The Bertz CT molecular complexity index is 625. The van der Waals surface area contributed by atoms with Gasteiger partial charge in [-0.3, -0.25) is 9.59 Å². The summed E-state index contributed by atoms with van der Waals surface area (Å²) in [5, 5.41) is 3.11. The molecular weight excluding hydrogens is 294 g/mol. The predicted molar refractivity (Wildman–Crippen MR) is 77.5 cm³/mol. The van der Waals surface area contributed by atoms with E-state index in [1.54, 1.807) is 31.2 Å². The molecule has 21 heavy (non-hydrogen) atoms. The summed E-state index contributed by atoms with van der Waals surface area (Å²) in [7, 11) is 0. The molecule has 0 saturated carbocycles. The van der Waals surface area contributed by atoms with E-state index in [-0.39, 0.29) is 12.5 Å². The number of ether oxygens (including phenoxy) is 1. The largest absolute Gasteiger partial charge is 0.480 e. The van der Waals surface area contributed by atoms with Crippen LogP contribution in [0.1, 0.15) is 23.0 Å². The summed E-state index contributed by atoms with van der Waals surface area (Å²) in [6, 6.07) is 8.14. The molecule has 2 rings (SSSR count). The third-order valence-electron chi connectivity index (χ3n) is 2.79. The smallest absolute Gasteiger partial charge is 0.261 e. The first kappa shape index (κ1) is 15.1. The Kier molecular flexibility index (Phi) is 5.00. The number of benzene rings is 1. The lowest BCUT2D eigenvalue weighted by Gasteiger charge is -2.15. The van der Waals surface area contributed by atoms with E-state index < -0.39 is 6.10 Å². The second kappa shape index (κ2) is 6.95. The standard InChI is InChI=1S/C15H14ClNO4/c1-10(15(19)17-8-13-3-2-6-20-13)21-14-5-4-12(16)7-11(14)9-18/h2-7,9-10H,8H2,1H3,(H,17,19). The van der Waals surface area contributed by atoms with Gasteiger partial charge in [0.25, 0.3) is 5.91 Å². The Hall–Kier alpha value is -2.27. The number of carbonyl (C=O) groups is 2. The number of carbonyl (C=O) groups excluding carboxylic acids is 2. The molecule has 0 aliphatic carbocycles. The number of aldehydes is 1. The zero-order valence-corrected chi connectivity index (χ0v) is 12.1. The average Bonchev–Trinajstić information content (AvgIpc) is 2.99. The SMILES string of the molecule is CC(Oc1ccc(Cl)cc1C=O)C(=O)NCc1ccco1. The van der Waals surface area contributed by atoms with Gasteiger partial charge >= 0.3 is 0 Å². The van der Waals surface area contributed by atoms with Gasteiger partial charge in [0.05, 0.1) is 18.4 Å². The maximum atomic E-state index is 11.9. The minimum Gasteiger partial charge on any atom is -0.480 e. The van der Waals surface area contributed by atoms with Gasteiger partial charge in [0.1, 0.15) is 11.5 Å². The van der Waals surface area contributed by atoms with E-state index in [2.05, 4.69) is 5.32 Å². The number of halogens is 1. The zero-order valence-electron chi connectivity index (χ0n) is 11.3. The van der Waals surface area contributed by atoms with Crippen molar-refractivity contribution in [2.75, 3.05) is 0 Å². The summed E-state index contributed by atoms with van der Waals surface area (Å²) < 4.78 is 10.6. The van der Waals surface area contributed by atoms with Crippen molar-refractivity contribution in [2.45, 2.75) is 19.6 Å².